The summed E-state index contributed by atoms with van der Waals surface area (Å²) in [6.45, 7) is 7.82. The number of hydrogen-bond donors (Lipinski definition) is 1. The summed E-state index contributed by atoms with van der Waals surface area (Å²) >= 11 is 0. The summed E-state index contributed by atoms with van der Waals surface area (Å²) in [6.07, 6.45) is -0.413. The zero-order valence-corrected chi connectivity index (χ0v) is 33.8. The molecule has 3 aromatic rings. The predicted octanol–water partition coefficient (Wildman–Crippen LogP) is 6.35. The van der Waals surface area contributed by atoms with Crippen molar-refractivity contribution in [2.75, 3.05) is 20.3 Å². The van der Waals surface area contributed by atoms with Gasteiger partial charge in [0.25, 0.3) is 0 Å². The summed E-state index contributed by atoms with van der Waals surface area (Å²) in [6, 6.07) is 28.3. The number of rotatable bonds is 17. The van der Waals surface area contributed by atoms with Crippen molar-refractivity contribution in [2.45, 2.75) is 102 Å². The van der Waals surface area contributed by atoms with Crippen LogP contribution in [0.1, 0.15) is 50.8 Å². The minimum Gasteiger partial charge on any atom is -0.482 e. The fourth-order valence-corrected chi connectivity index (χ4v) is 8.08. The van der Waals surface area contributed by atoms with Gasteiger partial charge in [0.05, 0.1) is 38.4 Å². The zero-order chi connectivity index (χ0) is 41.2. The highest BCUT2D eigenvalue weighted by molar-refractivity contribution is 6.02. The molecule has 8 unspecified atom stereocenters. The second-order valence-corrected chi connectivity index (χ2v) is 15.7. The Morgan fingerprint density at radius 1 is 0.828 bits per heavy atom. The lowest BCUT2D eigenvalue weighted by molar-refractivity contribution is -0.319. The van der Waals surface area contributed by atoms with Gasteiger partial charge in [-0.15, -0.1) is 0 Å². The van der Waals surface area contributed by atoms with E-state index in [-0.39, 0.29) is 44.5 Å². The first-order valence-electron chi connectivity index (χ1n) is 19.9. The first kappa shape index (κ1) is 42.9. The monoisotopic (exact) mass is 797 g/mol. The van der Waals surface area contributed by atoms with Gasteiger partial charge < -0.3 is 38.3 Å². The summed E-state index contributed by atoms with van der Waals surface area (Å²) in [5.41, 5.74) is 1.81. The van der Waals surface area contributed by atoms with Gasteiger partial charge in [0.1, 0.15) is 35.8 Å². The van der Waals surface area contributed by atoms with Crippen LogP contribution in [0.3, 0.4) is 0 Å². The Hall–Kier alpha value is -4.69. The fraction of sp³-hybridized carbons (Fsp3) is 0.457. The normalized spacial score (nSPS) is 26.8. The van der Waals surface area contributed by atoms with Crippen LogP contribution < -0.4 is 0 Å². The van der Waals surface area contributed by atoms with Crippen molar-refractivity contribution in [1.29, 1.82) is 0 Å². The average Bonchev–Trinajstić information content (AvgIpc) is 3.49. The van der Waals surface area contributed by atoms with E-state index in [0.29, 0.717) is 12.2 Å². The van der Waals surface area contributed by atoms with Gasteiger partial charge in [0.2, 0.25) is 5.91 Å². The van der Waals surface area contributed by atoms with Gasteiger partial charge in [-0.25, -0.2) is 9.69 Å². The van der Waals surface area contributed by atoms with E-state index < -0.39 is 66.4 Å². The van der Waals surface area contributed by atoms with Gasteiger partial charge in [-0.3, -0.25) is 9.59 Å². The molecule has 58 heavy (non-hydrogen) atoms. The number of ketones is 1. The van der Waals surface area contributed by atoms with Crippen molar-refractivity contribution in [3.8, 4) is 0 Å². The van der Waals surface area contributed by atoms with E-state index in [9.17, 15) is 19.5 Å². The van der Waals surface area contributed by atoms with Crippen molar-refractivity contribution >= 4 is 17.8 Å². The Kier molecular flexibility index (Phi) is 14.7. The molecule has 0 aromatic heterocycles. The Bertz CT molecular complexity index is 1870. The molecule has 2 amide bonds. The minimum absolute atomic E-state index is 0.100. The third-order valence-electron chi connectivity index (χ3n) is 10.7. The molecule has 0 aliphatic carbocycles. The number of ether oxygens (including phenoxy) is 7. The minimum atomic E-state index is -1.19. The molecule has 310 valence electrons. The molecule has 12 nitrogen and oxygen atoms in total. The number of aliphatic hydroxyl groups is 1. The molecule has 3 heterocycles. The molecule has 0 saturated carbocycles. The number of carbonyl (C=O) groups excluding carboxylic acids is 3. The number of imide groups is 1. The third-order valence-corrected chi connectivity index (χ3v) is 10.7. The number of allylic oxidation sites excluding steroid dienone is 1. The summed E-state index contributed by atoms with van der Waals surface area (Å²) in [5, 5.41) is 10.4. The second-order valence-electron chi connectivity index (χ2n) is 15.7. The van der Waals surface area contributed by atoms with Crippen LogP contribution in [-0.4, -0.2) is 96.6 Å². The first-order chi connectivity index (χ1) is 28.0. The number of carbonyl (C=O) groups is 3. The lowest BCUT2D eigenvalue weighted by atomic mass is 9.85. The van der Waals surface area contributed by atoms with E-state index in [2.05, 4.69) is 0 Å². The lowest BCUT2D eigenvalue weighted by Crippen LogP contribution is -2.61. The van der Waals surface area contributed by atoms with Gasteiger partial charge in [0.15, 0.2) is 18.2 Å². The smallest absolute Gasteiger partial charge is 0.417 e. The maximum atomic E-state index is 14.5. The zero-order valence-electron chi connectivity index (χ0n) is 33.8. The molecule has 2 fully saturated rings. The SMILES string of the molecule is COC1OC(CO)C(OCc2ccccc2)C(OCc2ccccc2)C1OCCC=C1C=CC(=O)C(C(Cc2ccccc2)C(=O)N2C(=O)OC(C)(C)C2C(C)C)O1. The van der Waals surface area contributed by atoms with Crippen molar-refractivity contribution in [1.82, 2.24) is 4.90 Å². The van der Waals surface area contributed by atoms with Gasteiger partial charge in [-0.05, 0) is 67.5 Å². The van der Waals surface area contributed by atoms with Crippen LogP contribution in [0, 0.1) is 11.8 Å². The van der Waals surface area contributed by atoms with Crippen LogP contribution >= 0.6 is 0 Å². The topological polar surface area (TPSA) is 139 Å². The van der Waals surface area contributed by atoms with Crippen LogP contribution in [0.4, 0.5) is 4.79 Å². The van der Waals surface area contributed by atoms with Crippen LogP contribution in [0.25, 0.3) is 0 Å². The lowest BCUT2D eigenvalue weighted by Gasteiger charge is -2.45. The van der Waals surface area contributed by atoms with Gasteiger partial charge in [-0.1, -0.05) is 105 Å². The second kappa shape index (κ2) is 19.8. The number of amides is 2. The van der Waals surface area contributed by atoms with E-state index in [1.165, 1.54) is 18.1 Å². The van der Waals surface area contributed by atoms with Crippen LogP contribution in [0.15, 0.2) is 115 Å². The molecule has 3 aromatic carbocycles. The Morgan fingerprint density at radius 3 is 1.98 bits per heavy atom. The van der Waals surface area contributed by atoms with Crippen molar-refractivity contribution in [3.05, 3.63) is 132 Å². The standard InChI is InChI=1S/C46H55NO11/c1-30(2)42-46(3,4)58-45(51)47(42)43(50)35(26-31-16-9-6-10-17-31)38-36(49)24-23-34(56-38)22-15-25-53-41-40(55-29-33-20-13-8-14-21-33)39(37(27-48)57-44(41)52-5)54-28-32-18-11-7-12-19-32/h6-14,16-24,30,35,37-42,44,48H,15,25-29H2,1-5H3. The summed E-state index contributed by atoms with van der Waals surface area (Å²) in [5.74, 6) is -1.63. The maximum absolute atomic E-state index is 14.5. The van der Waals surface area contributed by atoms with Crippen LogP contribution in [0.2, 0.25) is 0 Å². The number of nitrogens with zero attached hydrogens (tertiary/aromatic N) is 1. The Balaban J connectivity index is 1.19. The summed E-state index contributed by atoms with van der Waals surface area (Å²) < 4.78 is 43.3. The number of hydrogen-bond acceptors (Lipinski definition) is 11. The molecule has 0 bridgehead atoms. The highest BCUT2D eigenvalue weighted by Gasteiger charge is 2.54. The number of cyclic esters (lactones) is 1. The average molecular weight is 798 g/mol. The van der Waals surface area contributed by atoms with Crippen molar-refractivity contribution < 1.29 is 52.6 Å². The van der Waals surface area contributed by atoms with Crippen molar-refractivity contribution in [2.24, 2.45) is 11.8 Å². The van der Waals surface area contributed by atoms with Gasteiger partial charge >= 0.3 is 6.09 Å². The molecule has 0 radical (unpaired) electrons. The first-order valence-corrected chi connectivity index (χ1v) is 19.9. The molecule has 1 N–H and O–H groups in total. The van der Waals surface area contributed by atoms with E-state index in [0.717, 1.165) is 16.7 Å². The third kappa shape index (κ3) is 10.3. The molecule has 3 aliphatic rings. The van der Waals surface area contributed by atoms with Gasteiger partial charge in [0, 0.05) is 7.11 Å². The van der Waals surface area contributed by atoms with E-state index in [1.807, 2.05) is 105 Å². The predicted molar refractivity (Wildman–Crippen MR) is 214 cm³/mol. The number of benzene rings is 3. The highest BCUT2D eigenvalue weighted by atomic mass is 16.7. The van der Waals surface area contributed by atoms with E-state index >= 15 is 0 Å². The molecular weight excluding hydrogens is 743 g/mol. The number of methoxy groups -OCH3 is 1. The Labute approximate surface area is 340 Å². The highest BCUT2D eigenvalue weighted by Crippen LogP contribution is 2.37. The molecule has 3 aliphatic heterocycles. The molecule has 8 atom stereocenters. The number of aliphatic hydroxyl groups excluding tert-OH is 1. The molecule has 0 spiro atoms. The summed E-state index contributed by atoms with van der Waals surface area (Å²) in [7, 11) is 1.51. The quantitative estimate of drug-likeness (QED) is 0.153. The summed E-state index contributed by atoms with van der Waals surface area (Å²) in [4.78, 5) is 42.4. The van der Waals surface area contributed by atoms with Crippen LogP contribution in [0.5, 0.6) is 0 Å². The Morgan fingerprint density at radius 2 is 1.41 bits per heavy atom. The van der Waals surface area contributed by atoms with E-state index in [4.69, 9.17) is 33.2 Å². The largest absolute Gasteiger partial charge is 0.482 e. The van der Waals surface area contributed by atoms with E-state index in [1.54, 1.807) is 26.0 Å². The van der Waals surface area contributed by atoms with Crippen LogP contribution in [-0.2, 0) is 62.4 Å². The molecule has 12 heteroatoms. The molecule has 6 rings (SSSR count). The van der Waals surface area contributed by atoms with Crippen molar-refractivity contribution in [3.63, 3.8) is 0 Å². The maximum Gasteiger partial charge on any atom is 0.417 e. The van der Waals surface area contributed by atoms with Gasteiger partial charge in [-0.2, -0.15) is 0 Å². The molecular formula is C46H55NO11. The molecule has 2 saturated heterocycles. The fourth-order valence-electron chi connectivity index (χ4n) is 8.08.